The van der Waals surface area contributed by atoms with Gasteiger partial charge in [0, 0.05) is 34.1 Å². The Morgan fingerprint density at radius 1 is 0.161 bits per heavy atom. The SMILES string of the molecule is c1ccc(-c2ccc(-c3ccc(N(c4ccc(-c5ccc(N(c6ccc7ccccc7c6)c6ccc7ccccc7c6)cc5)cc4)c4ccc5ccccc5c4)cc3)cc2)cc1. The molecular weight excluding hydrogens is 749 g/mol. The average molecular weight is 791 g/mol. The van der Waals surface area contributed by atoms with Gasteiger partial charge in [0.25, 0.3) is 0 Å². The van der Waals surface area contributed by atoms with E-state index >= 15 is 0 Å². The fraction of sp³-hybridized carbons (Fsp3) is 0. The minimum atomic E-state index is 1.10. The van der Waals surface area contributed by atoms with Gasteiger partial charge in [-0.25, -0.2) is 0 Å². The second-order valence-electron chi connectivity index (χ2n) is 15.8. The van der Waals surface area contributed by atoms with Gasteiger partial charge < -0.3 is 9.80 Å². The molecule has 0 aliphatic heterocycles. The number of hydrogen-bond donors (Lipinski definition) is 0. The summed E-state index contributed by atoms with van der Waals surface area (Å²) in [5.41, 5.74) is 13.8. The zero-order valence-electron chi connectivity index (χ0n) is 34.1. The fourth-order valence-electron chi connectivity index (χ4n) is 8.74. The Morgan fingerprint density at radius 3 is 0.710 bits per heavy atom. The average Bonchev–Trinajstić information content (AvgIpc) is 3.35. The summed E-state index contributed by atoms with van der Waals surface area (Å²) in [4.78, 5) is 4.71. The van der Waals surface area contributed by atoms with Crippen molar-refractivity contribution >= 4 is 66.4 Å². The molecule has 62 heavy (non-hydrogen) atoms. The lowest BCUT2D eigenvalue weighted by atomic mass is 10.00. The van der Waals surface area contributed by atoms with Crippen LogP contribution in [-0.4, -0.2) is 0 Å². The van der Waals surface area contributed by atoms with Crippen molar-refractivity contribution in [1.29, 1.82) is 0 Å². The smallest absolute Gasteiger partial charge is 0.0468 e. The van der Waals surface area contributed by atoms with Crippen molar-refractivity contribution in [3.05, 3.63) is 255 Å². The zero-order valence-corrected chi connectivity index (χ0v) is 34.1. The summed E-state index contributed by atoms with van der Waals surface area (Å²) < 4.78 is 0. The normalized spacial score (nSPS) is 11.2. The Kier molecular flexibility index (Phi) is 9.57. The first-order valence-corrected chi connectivity index (χ1v) is 21.2. The van der Waals surface area contributed by atoms with Crippen LogP contribution >= 0.6 is 0 Å². The molecule has 2 heteroatoms. The first kappa shape index (κ1) is 36.8. The van der Waals surface area contributed by atoms with E-state index in [0.717, 1.165) is 45.3 Å². The van der Waals surface area contributed by atoms with Gasteiger partial charge in [-0.2, -0.15) is 0 Å². The summed E-state index contributed by atoms with van der Waals surface area (Å²) in [5, 5.41) is 7.33. The third kappa shape index (κ3) is 7.25. The summed E-state index contributed by atoms with van der Waals surface area (Å²) in [6.45, 7) is 0. The second kappa shape index (κ2) is 16.1. The van der Waals surface area contributed by atoms with Gasteiger partial charge in [0.15, 0.2) is 0 Å². The summed E-state index contributed by atoms with van der Waals surface area (Å²) in [6, 6.07) is 92.1. The molecule has 11 aromatic carbocycles. The van der Waals surface area contributed by atoms with Crippen LogP contribution in [0.3, 0.4) is 0 Å². The van der Waals surface area contributed by atoms with Gasteiger partial charge in [0.05, 0.1) is 0 Å². The molecule has 292 valence electrons. The van der Waals surface area contributed by atoms with Crippen LogP contribution in [0, 0.1) is 0 Å². The molecule has 0 saturated carbocycles. The molecule has 0 bridgehead atoms. The number of hydrogen-bond acceptors (Lipinski definition) is 2. The Balaban J connectivity index is 0.917. The van der Waals surface area contributed by atoms with Gasteiger partial charge >= 0.3 is 0 Å². The van der Waals surface area contributed by atoms with Crippen LogP contribution in [0.4, 0.5) is 34.1 Å². The number of benzene rings is 11. The van der Waals surface area contributed by atoms with Gasteiger partial charge in [0.2, 0.25) is 0 Å². The molecule has 0 unspecified atom stereocenters. The van der Waals surface area contributed by atoms with Crippen LogP contribution in [0.25, 0.3) is 65.7 Å². The first-order chi connectivity index (χ1) is 30.7. The topological polar surface area (TPSA) is 6.48 Å². The van der Waals surface area contributed by atoms with Gasteiger partial charge in [-0.3, -0.25) is 0 Å². The van der Waals surface area contributed by atoms with Crippen molar-refractivity contribution in [2.24, 2.45) is 0 Å². The lowest BCUT2D eigenvalue weighted by molar-refractivity contribution is 1.29. The minimum absolute atomic E-state index is 1.10. The summed E-state index contributed by atoms with van der Waals surface area (Å²) in [6.07, 6.45) is 0. The highest BCUT2D eigenvalue weighted by Gasteiger charge is 2.17. The van der Waals surface area contributed by atoms with Crippen LogP contribution in [0.2, 0.25) is 0 Å². The molecule has 0 heterocycles. The van der Waals surface area contributed by atoms with Crippen molar-refractivity contribution < 1.29 is 0 Å². The van der Waals surface area contributed by atoms with Crippen molar-refractivity contribution in [3.63, 3.8) is 0 Å². The van der Waals surface area contributed by atoms with E-state index < -0.39 is 0 Å². The molecular formula is C60H42N2. The lowest BCUT2D eigenvalue weighted by Crippen LogP contribution is -2.10. The Labute approximate surface area is 362 Å². The molecule has 0 aromatic heterocycles. The second-order valence-corrected chi connectivity index (χ2v) is 15.8. The molecule has 0 aliphatic carbocycles. The zero-order chi connectivity index (χ0) is 41.2. The van der Waals surface area contributed by atoms with Gasteiger partial charge in [0.1, 0.15) is 0 Å². The summed E-state index contributed by atoms with van der Waals surface area (Å²) in [5.74, 6) is 0. The number of fused-ring (bicyclic) bond motifs is 3. The third-order valence-electron chi connectivity index (χ3n) is 12.0. The number of anilines is 6. The molecule has 0 radical (unpaired) electrons. The highest BCUT2D eigenvalue weighted by Crippen LogP contribution is 2.41. The van der Waals surface area contributed by atoms with Crippen LogP contribution in [0.5, 0.6) is 0 Å². The van der Waals surface area contributed by atoms with Gasteiger partial charge in [-0.15, -0.1) is 0 Å². The van der Waals surface area contributed by atoms with E-state index in [9.17, 15) is 0 Å². The maximum Gasteiger partial charge on any atom is 0.0468 e. The molecule has 0 atom stereocenters. The molecule has 11 aromatic rings. The largest absolute Gasteiger partial charge is 0.310 e. The van der Waals surface area contributed by atoms with E-state index in [1.165, 1.54) is 54.6 Å². The predicted octanol–water partition coefficient (Wildman–Crippen LogP) is 17.1. The summed E-state index contributed by atoms with van der Waals surface area (Å²) in [7, 11) is 0. The minimum Gasteiger partial charge on any atom is -0.310 e. The monoisotopic (exact) mass is 790 g/mol. The highest BCUT2D eigenvalue weighted by atomic mass is 15.1. The molecule has 0 aliphatic rings. The Bertz CT molecular complexity index is 3240. The van der Waals surface area contributed by atoms with Crippen LogP contribution in [0.1, 0.15) is 0 Å². The first-order valence-electron chi connectivity index (χ1n) is 21.2. The van der Waals surface area contributed by atoms with Gasteiger partial charge in [-0.1, -0.05) is 182 Å². The van der Waals surface area contributed by atoms with E-state index in [0.29, 0.717) is 0 Å². The maximum absolute atomic E-state index is 2.36. The van der Waals surface area contributed by atoms with Crippen molar-refractivity contribution in [3.8, 4) is 33.4 Å². The number of rotatable bonds is 9. The van der Waals surface area contributed by atoms with Gasteiger partial charge in [-0.05, 0) is 138 Å². The van der Waals surface area contributed by atoms with Crippen LogP contribution in [0.15, 0.2) is 255 Å². The third-order valence-corrected chi connectivity index (χ3v) is 12.0. The number of nitrogens with zero attached hydrogens (tertiary/aromatic N) is 2. The molecule has 0 fully saturated rings. The predicted molar refractivity (Wildman–Crippen MR) is 265 cm³/mol. The summed E-state index contributed by atoms with van der Waals surface area (Å²) >= 11 is 0. The van der Waals surface area contributed by atoms with E-state index in [1.54, 1.807) is 0 Å². The van der Waals surface area contributed by atoms with E-state index in [4.69, 9.17) is 0 Å². The Morgan fingerprint density at radius 2 is 0.387 bits per heavy atom. The van der Waals surface area contributed by atoms with Crippen LogP contribution < -0.4 is 9.80 Å². The standard InChI is InChI=1S/C60H42N2/c1-2-10-43(11-3-1)47-18-20-48(21-19-47)49-22-31-55(32-23-49)61(58-37-28-44-12-4-7-15-52(44)40-58)56-33-24-50(25-34-56)51-26-35-57(36-27-51)62(59-38-29-45-13-5-8-16-53(45)41-59)60-39-30-46-14-6-9-17-54(46)42-60/h1-42H. The molecule has 11 rings (SSSR count). The fourth-order valence-corrected chi connectivity index (χ4v) is 8.74. The van der Waals surface area contributed by atoms with Crippen molar-refractivity contribution in [2.75, 3.05) is 9.80 Å². The Hall–Kier alpha value is -8.20. The molecule has 0 amide bonds. The van der Waals surface area contributed by atoms with E-state index in [1.807, 2.05) is 0 Å². The molecule has 0 saturated heterocycles. The lowest BCUT2D eigenvalue weighted by Gasteiger charge is -2.27. The van der Waals surface area contributed by atoms with E-state index in [-0.39, 0.29) is 0 Å². The maximum atomic E-state index is 2.36. The quantitative estimate of drug-likeness (QED) is 0.144. The van der Waals surface area contributed by atoms with E-state index in [2.05, 4.69) is 265 Å². The van der Waals surface area contributed by atoms with Crippen molar-refractivity contribution in [1.82, 2.24) is 0 Å². The van der Waals surface area contributed by atoms with Crippen LogP contribution in [-0.2, 0) is 0 Å². The molecule has 0 spiro atoms. The molecule has 2 nitrogen and oxygen atoms in total. The molecule has 0 N–H and O–H groups in total. The van der Waals surface area contributed by atoms with Crippen molar-refractivity contribution in [2.45, 2.75) is 0 Å². The highest BCUT2D eigenvalue weighted by molar-refractivity contribution is 5.93.